The van der Waals surface area contributed by atoms with E-state index in [9.17, 15) is 13.2 Å². The van der Waals surface area contributed by atoms with Crippen molar-refractivity contribution in [2.45, 2.75) is 4.90 Å². The maximum absolute atomic E-state index is 12.7. The third-order valence-corrected chi connectivity index (χ3v) is 6.08. The summed E-state index contributed by atoms with van der Waals surface area (Å²) in [7, 11) is -0.823. The van der Waals surface area contributed by atoms with E-state index in [2.05, 4.69) is 10.0 Å². The van der Waals surface area contributed by atoms with Crippen LogP contribution in [0.15, 0.2) is 77.7 Å². The number of carbonyl (C=O) groups excluding carboxylic acids is 1. The van der Waals surface area contributed by atoms with Gasteiger partial charge in [-0.05, 0) is 48.5 Å². The molecule has 0 atom stereocenters. The lowest BCUT2D eigenvalue weighted by molar-refractivity contribution is -0.111. The molecule has 2 N–H and O–H groups in total. The molecule has 0 spiro atoms. The molecule has 0 aliphatic carbocycles. The first-order chi connectivity index (χ1) is 15.3. The van der Waals surface area contributed by atoms with Crippen molar-refractivity contribution in [3.63, 3.8) is 0 Å². The number of para-hydroxylation sites is 1. The van der Waals surface area contributed by atoms with Crippen LogP contribution < -0.4 is 19.5 Å². The van der Waals surface area contributed by atoms with Crippen molar-refractivity contribution in [3.8, 4) is 11.5 Å². The van der Waals surface area contributed by atoms with Gasteiger partial charge in [-0.25, -0.2) is 8.42 Å². The summed E-state index contributed by atoms with van der Waals surface area (Å²) in [6, 6.07) is 17.6. The van der Waals surface area contributed by atoms with Gasteiger partial charge in [-0.3, -0.25) is 9.52 Å². The van der Waals surface area contributed by atoms with Crippen LogP contribution in [0.2, 0.25) is 5.02 Å². The van der Waals surface area contributed by atoms with Crippen LogP contribution in [-0.2, 0) is 14.8 Å². The Bertz CT molecular complexity index is 1260. The van der Waals surface area contributed by atoms with Crippen LogP contribution in [-0.4, -0.2) is 28.5 Å². The molecule has 0 aromatic heterocycles. The number of ether oxygens (including phenoxy) is 2. The molecule has 3 rings (SSSR count). The summed E-state index contributed by atoms with van der Waals surface area (Å²) in [6.45, 7) is 0. The van der Waals surface area contributed by atoms with Gasteiger partial charge in [0.2, 0.25) is 5.91 Å². The molecular formula is C23H21ClN2O5S. The number of carbonyl (C=O) groups is 1. The molecule has 166 valence electrons. The fraction of sp³-hybridized carbons (Fsp3) is 0.0870. The molecule has 9 heteroatoms. The molecule has 0 fully saturated rings. The van der Waals surface area contributed by atoms with Gasteiger partial charge in [0.15, 0.2) is 0 Å². The molecule has 0 aliphatic rings. The topological polar surface area (TPSA) is 93.7 Å². The molecule has 0 unspecified atom stereocenters. The van der Waals surface area contributed by atoms with E-state index in [0.29, 0.717) is 22.7 Å². The van der Waals surface area contributed by atoms with Crippen LogP contribution in [0.4, 0.5) is 11.4 Å². The second-order valence-electron chi connectivity index (χ2n) is 6.54. The van der Waals surface area contributed by atoms with Gasteiger partial charge in [-0.2, -0.15) is 0 Å². The van der Waals surface area contributed by atoms with E-state index in [0.717, 1.165) is 0 Å². The lowest BCUT2D eigenvalue weighted by Gasteiger charge is -2.11. The smallest absolute Gasteiger partial charge is 0.262 e. The molecule has 0 aliphatic heterocycles. The van der Waals surface area contributed by atoms with E-state index in [-0.39, 0.29) is 15.6 Å². The Morgan fingerprint density at radius 3 is 2.47 bits per heavy atom. The molecule has 0 saturated carbocycles. The summed E-state index contributed by atoms with van der Waals surface area (Å²) in [6.07, 6.45) is 2.92. The van der Waals surface area contributed by atoms with Crippen molar-refractivity contribution in [2.24, 2.45) is 0 Å². The Labute approximate surface area is 191 Å². The van der Waals surface area contributed by atoms with Crippen LogP contribution in [0.3, 0.4) is 0 Å². The fourth-order valence-corrected chi connectivity index (χ4v) is 4.16. The minimum absolute atomic E-state index is 0.0176. The molecule has 7 nitrogen and oxygen atoms in total. The molecule has 3 aromatic rings. The van der Waals surface area contributed by atoms with Gasteiger partial charge < -0.3 is 14.8 Å². The largest absolute Gasteiger partial charge is 0.497 e. The number of hydrogen-bond donors (Lipinski definition) is 2. The SMILES string of the molecule is COc1ccc(C=CC(=O)Nc2cccc(S(=O)(=O)Nc3ccccc3Cl)c2)c(OC)c1. The minimum Gasteiger partial charge on any atom is -0.497 e. The number of methoxy groups -OCH3 is 2. The van der Waals surface area contributed by atoms with E-state index >= 15 is 0 Å². The van der Waals surface area contributed by atoms with Crippen LogP contribution in [0, 0.1) is 0 Å². The van der Waals surface area contributed by atoms with Gasteiger partial charge in [0.25, 0.3) is 10.0 Å². The maximum atomic E-state index is 12.7. The normalized spacial score (nSPS) is 11.2. The first-order valence-corrected chi connectivity index (χ1v) is 11.3. The molecule has 0 bridgehead atoms. The summed E-state index contributed by atoms with van der Waals surface area (Å²) in [5.74, 6) is 0.746. The van der Waals surface area contributed by atoms with Crippen LogP contribution >= 0.6 is 11.6 Å². The molecule has 0 heterocycles. The molecular weight excluding hydrogens is 452 g/mol. The van der Waals surface area contributed by atoms with E-state index < -0.39 is 15.9 Å². The van der Waals surface area contributed by atoms with Crippen LogP contribution in [0.1, 0.15) is 5.56 Å². The molecule has 0 radical (unpaired) electrons. The Morgan fingerprint density at radius 1 is 0.969 bits per heavy atom. The van der Waals surface area contributed by atoms with Gasteiger partial charge in [-0.1, -0.05) is 29.8 Å². The summed E-state index contributed by atoms with van der Waals surface area (Å²) < 4.78 is 38.3. The number of rotatable bonds is 8. The van der Waals surface area contributed by atoms with Crippen LogP contribution in [0.25, 0.3) is 6.08 Å². The fourth-order valence-electron chi connectivity index (χ4n) is 2.79. The van der Waals surface area contributed by atoms with E-state index in [4.69, 9.17) is 21.1 Å². The number of halogens is 1. The van der Waals surface area contributed by atoms with Crippen molar-refractivity contribution in [1.82, 2.24) is 0 Å². The zero-order valence-corrected chi connectivity index (χ0v) is 18.9. The summed E-state index contributed by atoms with van der Waals surface area (Å²) in [5.41, 5.74) is 1.27. The predicted octanol–water partition coefficient (Wildman–Crippen LogP) is 4.81. The third kappa shape index (κ3) is 5.81. The molecule has 32 heavy (non-hydrogen) atoms. The molecule has 3 aromatic carbocycles. The second kappa shape index (κ2) is 10.2. The van der Waals surface area contributed by atoms with Gasteiger partial charge >= 0.3 is 0 Å². The average Bonchev–Trinajstić information content (AvgIpc) is 2.79. The Balaban J connectivity index is 1.74. The number of amides is 1. The number of benzene rings is 3. The molecule has 0 saturated heterocycles. The highest BCUT2D eigenvalue weighted by Gasteiger charge is 2.16. The van der Waals surface area contributed by atoms with Gasteiger partial charge in [-0.15, -0.1) is 0 Å². The van der Waals surface area contributed by atoms with Crippen molar-refractivity contribution in [3.05, 3.63) is 83.4 Å². The lowest BCUT2D eigenvalue weighted by Crippen LogP contribution is -2.14. The monoisotopic (exact) mass is 472 g/mol. The van der Waals surface area contributed by atoms with Gasteiger partial charge in [0.1, 0.15) is 11.5 Å². The van der Waals surface area contributed by atoms with E-state index in [1.54, 1.807) is 61.7 Å². The number of anilines is 2. The van der Waals surface area contributed by atoms with Gasteiger partial charge in [0.05, 0.1) is 29.8 Å². The number of nitrogens with one attached hydrogen (secondary N) is 2. The van der Waals surface area contributed by atoms with Gasteiger partial charge in [0, 0.05) is 23.4 Å². The second-order valence-corrected chi connectivity index (χ2v) is 8.63. The first kappa shape index (κ1) is 23.2. The van der Waals surface area contributed by atoms with Crippen molar-refractivity contribution < 1.29 is 22.7 Å². The standard InChI is InChI=1S/C23H21ClN2O5S/c1-30-18-12-10-16(22(15-18)31-2)11-13-23(27)25-17-6-5-7-19(14-17)32(28,29)26-21-9-4-3-8-20(21)24/h3-15,26H,1-2H3,(H,25,27). The van der Waals surface area contributed by atoms with Crippen molar-refractivity contribution in [2.75, 3.05) is 24.3 Å². The number of sulfonamides is 1. The number of hydrogen-bond acceptors (Lipinski definition) is 5. The van der Waals surface area contributed by atoms with Crippen molar-refractivity contribution in [1.29, 1.82) is 0 Å². The Morgan fingerprint density at radius 2 is 1.75 bits per heavy atom. The zero-order chi connectivity index (χ0) is 23.1. The Hall–Kier alpha value is -3.49. The van der Waals surface area contributed by atoms with E-state index in [1.807, 2.05) is 0 Å². The zero-order valence-electron chi connectivity index (χ0n) is 17.3. The highest BCUT2D eigenvalue weighted by molar-refractivity contribution is 7.92. The first-order valence-electron chi connectivity index (χ1n) is 9.41. The average molecular weight is 473 g/mol. The van der Waals surface area contributed by atoms with Crippen molar-refractivity contribution >= 4 is 45.0 Å². The predicted molar refractivity (Wildman–Crippen MR) is 126 cm³/mol. The highest BCUT2D eigenvalue weighted by Crippen LogP contribution is 2.26. The van der Waals surface area contributed by atoms with Crippen LogP contribution in [0.5, 0.6) is 11.5 Å². The Kier molecular flexibility index (Phi) is 7.40. The minimum atomic E-state index is -3.90. The lowest BCUT2D eigenvalue weighted by atomic mass is 10.1. The maximum Gasteiger partial charge on any atom is 0.262 e. The summed E-state index contributed by atoms with van der Waals surface area (Å²) in [4.78, 5) is 12.3. The summed E-state index contributed by atoms with van der Waals surface area (Å²) in [5, 5.41) is 2.93. The van der Waals surface area contributed by atoms with E-state index in [1.165, 1.54) is 31.4 Å². The molecule has 1 amide bonds. The highest BCUT2D eigenvalue weighted by atomic mass is 35.5. The quantitative estimate of drug-likeness (QED) is 0.459. The third-order valence-electron chi connectivity index (χ3n) is 4.38. The summed E-state index contributed by atoms with van der Waals surface area (Å²) >= 11 is 6.03.